The predicted octanol–water partition coefficient (Wildman–Crippen LogP) is 2.11. The summed E-state index contributed by atoms with van der Waals surface area (Å²) in [4.78, 5) is 11.5. The molecule has 1 atom stereocenters. The fraction of sp³-hybridized carbons (Fsp3) is 0.917. The van der Waals surface area contributed by atoms with E-state index in [1.54, 1.807) is 0 Å². The van der Waals surface area contributed by atoms with Crippen LogP contribution in [0.3, 0.4) is 0 Å². The molecule has 1 amide bonds. The molecule has 0 saturated heterocycles. The van der Waals surface area contributed by atoms with E-state index in [0.29, 0.717) is 12.0 Å². The molecule has 88 valence electrons. The number of carbonyl (C=O) groups excluding carboxylic acids is 1. The van der Waals surface area contributed by atoms with Crippen LogP contribution in [-0.4, -0.2) is 24.2 Å². The molecular weight excluding hydrogens is 190 g/mol. The summed E-state index contributed by atoms with van der Waals surface area (Å²) in [6, 6.07) is 0.301. The van der Waals surface area contributed by atoms with E-state index in [2.05, 4.69) is 12.2 Å². The third kappa shape index (κ3) is 4.65. The first kappa shape index (κ1) is 12.5. The Morgan fingerprint density at radius 2 is 2.07 bits per heavy atom. The van der Waals surface area contributed by atoms with Gasteiger partial charge in [0.2, 0.25) is 5.91 Å². The predicted molar refractivity (Wildman–Crippen MR) is 60.7 cm³/mol. The molecule has 0 bridgehead atoms. The Morgan fingerprint density at radius 1 is 1.47 bits per heavy atom. The SMILES string of the molecule is CC(NC(=O)COC(C)(C)C)C1CCC1. The Hall–Kier alpha value is -0.570. The Bertz CT molecular complexity index is 216. The number of hydrogen-bond acceptors (Lipinski definition) is 2. The van der Waals surface area contributed by atoms with Gasteiger partial charge in [-0.05, 0) is 46.5 Å². The van der Waals surface area contributed by atoms with Crippen molar-refractivity contribution < 1.29 is 9.53 Å². The molecular formula is C12H23NO2. The minimum absolute atomic E-state index is 0.00400. The number of ether oxygens (including phenoxy) is 1. The molecule has 1 unspecified atom stereocenters. The van der Waals surface area contributed by atoms with Crippen molar-refractivity contribution in [2.24, 2.45) is 5.92 Å². The first-order valence-electron chi connectivity index (χ1n) is 5.82. The van der Waals surface area contributed by atoms with Crippen LogP contribution in [0.5, 0.6) is 0 Å². The smallest absolute Gasteiger partial charge is 0.246 e. The average molecular weight is 213 g/mol. The minimum Gasteiger partial charge on any atom is -0.366 e. The van der Waals surface area contributed by atoms with Crippen molar-refractivity contribution in [3.8, 4) is 0 Å². The summed E-state index contributed by atoms with van der Waals surface area (Å²) in [6.07, 6.45) is 3.81. The fourth-order valence-electron chi connectivity index (χ4n) is 1.64. The summed E-state index contributed by atoms with van der Waals surface area (Å²) in [5.41, 5.74) is -0.239. The van der Waals surface area contributed by atoms with E-state index >= 15 is 0 Å². The molecule has 0 heterocycles. The van der Waals surface area contributed by atoms with Crippen molar-refractivity contribution in [2.75, 3.05) is 6.61 Å². The summed E-state index contributed by atoms with van der Waals surface area (Å²) in [5.74, 6) is 0.688. The highest BCUT2D eigenvalue weighted by molar-refractivity contribution is 5.77. The maximum atomic E-state index is 11.5. The van der Waals surface area contributed by atoms with Gasteiger partial charge in [0.05, 0.1) is 5.60 Å². The fourth-order valence-corrected chi connectivity index (χ4v) is 1.64. The van der Waals surface area contributed by atoms with E-state index in [1.165, 1.54) is 19.3 Å². The van der Waals surface area contributed by atoms with Gasteiger partial charge in [-0.2, -0.15) is 0 Å². The van der Waals surface area contributed by atoms with Crippen molar-refractivity contribution in [1.29, 1.82) is 0 Å². The minimum atomic E-state index is -0.239. The van der Waals surface area contributed by atoms with Gasteiger partial charge in [0, 0.05) is 6.04 Å². The number of nitrogens with one attached hydrogen (secondary N) is 1. The third-order valence-electron chi connectivity index (χ3n) is 2.88. The molecule has 3 nitrogen and oxygen atoms in total. The van der Waals surface area contributed by atoms with E-state index in [0.717, 1.165) is 0 Å². The van der Waals surface area contributed by atoms with Gasteiger partial charge in [-0.15, -0.1) is 0 Å². The molecule has 1 saturated carbocycles. The third-order valence-corrected chi connectivity index (χ3v) is 2.88. The summed E-state index contributed by atoms with van der Waals surface area (Å²) in [7, 11) is 0. The van der Waals surface area contributed by atoms with Crippen molar-refractivity contribution in [1.82, 2.24) is 5.32 Å². The van der Waals surface area contributed by atoms with Crippen molar-refractivity contribution in [2.45, 2.75) is 58.6 Å². The van der Waals surface area contributed by atoms with Crippen LogP contribution in [0.15, 0.2) is 0 Å². The zero-order valence-corrected chi connectivity index (χ0v) is 10.3. The summed E-state index contributed by atoms with van der Waals surface area (Å²) < 4.78 is 5.41. The number of rotatable bonds is 4. The van der Waals surface area contributed by atoms with E-state index in [1.807, 2.05) is 20.8 Å². The van der Waals surface area contributed by atoms with Gasteiger partial charge in [-0.3, -0.25) is 4.79 Å². The zero-order chi connectivity index (χ0) is 11.5. The van der Waals surface area contributed by atoms with Gasteiger partial charge in [-0.25, -0.2) is 0 Å². The second-order valence-corrected chi connectivity index (χ2v) is 5.45. The van der Waals surface area contributed by atoms with Crippen LogP contribution >= 0.6 is 0 Å². The lowest BCUT2D eigenvalue weighted by Gasteiger charge is -2.32. The van der Waals surface area contributed by atoms with Gasteiger partial charge >= 0.3 is 0 Å². The van der Waals surface area contributed by atoms with Gasteiger partial charge < -0.3 is 10.1 Å². The van der Waals surface area contributed by atoms with Gasteiger partial charge in [0.15, 0.2) is 0 Å². The zero-order valence-electron chi connectivity index (χ0n) is 10.3. The molecule has 0 aromatic heterocycles. The molecule has 0 aromatic rings. The Morgan fingerprint density at radius 3 is 2.47 bits per heavy atom. The first-order valence-corrected chi connectivity index (χ1v) is 5.82. The lowest BCUT2D eigenvalue weighted by molar-refractivity contribution is -0.131. The van der Waals surface area contributed by atoms with E-state index < -0.39 is 0 Å². The molecule has 1 aliphatic rings. The van der Waals surface area contributed by atoms with Crippen molar-refractivity contribution >= 4 is 5.91 Å². The second-order valence-electron chi connectivity index (χ2n) is 5.45. The number of hydrogen-bond donors (Lipinski definition) is 1. The lowest BCUT2D eigenvalue weighted by atomic mass is 9.80. The van der Waals surface area contributed by atoms with Crippen LogP contribution in [0.2, 0.25) is 0 Å². The van der Waals surface area contributed by atoms with Crippen LogP contribution in [-0.2, 0) is 9.53 Å². The quantitative estimate of drug-likeness (QED) is 0.776. The molecule has 1 N–H and O–H groups in total. The Labute approximate surface area is 92.6 Å². The van der Waals surface area contributed by atoms with Crippen LogP contribution in [0.25, 0.3) is 0 Å². The number of amides is 1. The van der Waals surface area contributed by atoms with E-state index in [4.69, 9.17) is 4.74 Å². The van der Waals surface area contributed by atoms with Gasteiger partial charge in [0.1, 0.15) is 6.61 Å². The van der Waals surface area contributed by atoms with Crippen molar-refractivity contribution in [3.05, 3.63) is 0 Å². The number of carbonyl (C=O) groups is 1. The van der Waals surface area contributed by atoms with Crippen LogP contribution < -0.4 is 5.32 Å². The van der Waals surface area contributed by atoms with Crippen molar-refractivity contribution in [3.63, 3.8) is 0 Å². The highest BCUT2D eigenvalue weighted by atomic mass is 16.5. The molecule has 0 spiro atoms. The Kier molecular flexibility index (Phi) is 4.14. The average Bonchev–Trinajstić information content (AvgIpc) is 1.95. The largest absolute Gasteiger partial charge is 0.366 e. The maximum Gasteiger partial charge on any atom is 0.246 e. The van der Waals surface area contributed by atoms with E-state index in [9.17, 15) is 4.79 Å². The topological polar surface area (TPSA) is 38.3 Å². The molecule has 1 fully saturated rings. The molecule has 1 rings (SSSR count). The van der Waals surface area contributed by atoms with Gasteiger partial charge in [-0.1, -0.05) is 6.42 Å². The Balaban J connectivity index is 2.17. The summed E-state index contributed by atoms with van der Waals surface area (Å²) in [6.45, 7) is 8.11. The normalized spacial score (nSPS) is 19.5. The summed E-state index contributed by atoms with van der Waals surface area (Å²) >= 11 is 0. The molecule has 0 radical (unpaired) electrons. The maximum absolute atomic E-state index is 11.5. The second kappa shape index (κ2) is 4.97. The highest BCUT2D eigenvalue weighted by Gasteiger charge is 2.25. The molecule has 0 aromatic carbocycles. The molecule has 3 heteroatoms. The molecule has 15 heavy (non-hydrogen) atoms. The summed E-state index contributed by atoms with van der Waals surface area (Å²) in [5, 5.41) is 2.99. The standard InChI is InChI=1S/C12H23NO2/c1-9(10-6-5-7-10)13-11(14)8-15-12(2,3)4/h9-10H,5-8H2,1-4H3,(H,13,14). The van der Waals surface area contributed by atoms with Crippen LogP contribution in [0.4, 0.5) is 0 Å². The van der Waals surface area contributed by atoms with Crippen LogP contribution in [0, 0.1) is 5.92 Å². The van der Waals surface area contributed by atoms with Crippen LogP contribution in [0.1, 0.15) is 47.0 Å². The molecule has 0 aliphatic heterocycles. The first-order chi connectivity index (χ1) is 6.88. The van der Waals surface area contributed by atoms with E-state index in [-0.39, 0.29) is 18.1 Å². The monoisotopic (exact) mass is 213 g/mol. The molecule has 1 aliphatic carbocycles. The van der Waals surface area contributed by atoms with Gasteiger partial charge in [0.25, 0.3) is 0 Å². The highest BCUT2D eigenvalue weighted by Crippen LogP contribution is 2.29. The lowest BCUT2D eigenvalue weighted by Crippen LogP contribution is -2.43.